The van der Waals surface area contributed by atoms with E-state index in [9.17, 15) is 4.79 Å². The quantitative estimate of drug-likeness (QED) is 0.900. The second-order valence-electron chi connectivity index (χ2n) is 8.23. The number of amides is 1. The van der Waals surface area contributed by atoms with Crippen LogP contribution in [0.15, 0.2) is 6.20 Å². The number of rotatable bonds is 3. The number of anilines is 1. The smallest absolute Gasteiger partial charge is 0.256 e. The minimum atomic E-state index is -0.0409. The molecular formula is C18H28N4O. The fourth-order valence-corrected chi connectivity index (χ4v) is 4.28. The number of hydrogen-bond donors (Lipinski definition) is 2. The molecule has 2 aliphatic carbocycles. The maximum atomic E-state index is 12.5. The Kier molecular flexibility index (Phi) is 3.62. The monoisotopic (exact) mass is 316 g/mol. The predicted molar refractivity (Wildman–Crippen MR) is 90.6 cm³/mol. The molecule has 2 saturated carbocycles. The van der Waals surface area contributed by atoms with Gasteiger partial charge in [-0.25, -0.2) is 4.68 Å². The lowest BCUT2D eigenvalue weighted by molar-refractivity contribution is 0.0951. The molecular weight excluding hydrogens is 288 g/mol. The highest BCUT2D eigenvalue weighted by molar-refractivity contribution is 5.99. The van der Waals surface area contributed by atoms with E-state index in [1.54, 1.807) is 6.20 Å². The summed E-state index contributed by atoms with van der Waals surface area (Å²) in [6.45, 7) is 4.48. The maximum Gasteiger partial charge on any atom is 0.256 e. The van der Waals surface area contributed by atoms with Crippen molar-refractivity contribution in [2.24, 2.45) is 5.92 Å². The lowest BCUT2D eigenvalue weighted by atomic mass is 9.78. The first-order chi connectivity index (χ1) is 11.0. The molecule has 1 aromatic rings. The van der Waals surface area contributed by atoms with Gasteiger partial charge in [-0.05, 0) is 51.9 Å². The van der Waals surface area contributed by atoms with Crippen LogP contribution in [0.5, 0.6) is 0 Å². The lowest BCUT2D eigenvalue weighted by Gasteiger charge is -2.42. The Morgan fingerprint density at radius 3 is 2.70 bits per heavy atom. The molecule has 1 amide bonds. The van der Waals surface area contributed by atoms with Crippen LogP contribution in [0.2, 0.25) is 0 Å². The van der Waals surface area contributed by atoms with Gasteiger partial charge in [0.15, 0.2) is 0 Å². The van der Waals surface area contributed by atoms with Crippen molar-refractivity contribution >= 4 is 11.7 Å². The molecule has 0 aromatic carbocycles. The summed E-state index contributed by atoms with van der Waals surface area (Å²) in [5.74, 6) is 1.68. The largest absolute Gasteiger partial charge is 0.366 e. The SMILES string of the molecule is CC1(C)CC(C2CCCCC2)Nc2c(C(=O)NC3CC3)cnn21. The highest BCUT2D eigenvalue weighted by atomic mass is 16.1. The van der Waals surface area contributed by atoms with Gasteiger partial charge < -0.3 is 10.6 Å². The van der Waals surface area contributed by atoms with E-state index in [0.29, 0.717) is 17.6 Å². The van der Waals surface area contributed by atoms with Crippen molar-refractivity contribution < 1.29 is 4.79 Å². The van der Waals surface area contributed by atoms with Gasteiger partial charge >= 0.3 is 0 Å². The molecule has 0 spiro atoms. The minimum absolute atomic E-state index is 0.0290. The van der Waals surface area contributed by atoms with Crippen LogP contribution in [0.3, 0.4) is 0 Å². The summed E-state index contributed by atoms with van der Waals surface area (Å²) >= 11 is 0. The minimum Gasteiger partial charge on any atom is -0.366 e. The number of nitrogens with zero attached hydrogens (tertiary/aromatic N) is 2. The molecule has 1 atom stereocenters. The van der Waals surface area contributed by atoms with Crippen LogP contribution in [0.4, 0.5) is 5.82 Å². The van der Waals surface area contributed by atoms with Crippen LogP contribution < -0.4 is 10.6 Å². The Labute approximate surface area is 138 Å². The lowest BCUT2D eigenvalue weighted by Crippen LogP contribution is -2.46. The average molecular weight is 316 g/mol. The van der Waals surface area contributed by atoms with E-state index < -0.39 is 0 Å². The van der Waals surface area contributed by atoms with Gasteiger partial charge in [0.2, 0.25) is 0 Å². The first kappa shape index (κ1) is 15.0. The maximum absolute atomic E-state index is 12.5. The molecule has 2 heterocycles. The Hall–Kier alpha value is -1.52. The zero-order valence-electron chi connectivity index (χ0n) is 14.3. The predicted octanol–water partition coefficient (Wildman–Crippen LogP) is 3.27. The zero-order chi connectivity index (χ0) is 16.0. The van der Waals surface area contributed by atoms with Crippen molar-refractivity contribution in [3.8, 4) is 0 Å². The van der Waals surface area contributed by atoms with Crippen molar-refractivity contribution in [1.82, 2.24) is 15.1 Å². The van der Waals surface area contributed by atoms with E-state index in [1.165, 1.54) is 32.1 Å². The molecule has 5 heteroatoms. The van der Waals surface area contributed by atoms with Crippen LogP contribution in [0.25, 0.3) is 0 Å². The molecule has 0 saturated heterocycles. The highest BCUT2D eigenvalue weighted by Crippen LogP contribution is 2.39. The summed E-state index contributed by atoms with van der Waals surface area (Å²) < 4.78 is 2.02. The van der Waals surface area contributed by atoms with E-state index in [-0.39, 0.29) is 11.4 Å². The van der Waals surface area contributed by atoms with Gasteiger partial charge in [0, 0.05) is 12.1 Å². The molecule has 1 aromatic heterocycles. The molecule has 0 bridgehead atoms. The third-order valence-electron chi connectivity index (χ3n) is 5.76. The van der Waals surface area contributed by atoms with Gasteiger partial charge in [-0.3, -0.25) is 4.79 Å². The number of carbonyl (C=O) groups excluding carboxylic acids is 1. The van der Waals surface area contributed by atoms with Crippen molar-refractivity contribution in [2.45, 2.75) is 82.8 Å². The van der Waals surface area contributed by atoms with Crippen molar-refractivity contribution in [3.63, 3.8) is 0 Å². The molecule has 0 radical (unpaired) electrons. The molecule has 5 nitrogen and oxygen atoms in total. The fourth-order valence-electron chi connectivity index (χ4n) is 4.28. The molecule has 4 rings (SSSR count). The third-order valence-corrected chi connectivity index (χ3v) is 5.76. The Balaban J connectivity index is 1.60. The van der Waals surface area contributed by atoms with Crippen LogP contribution in [0, 0.1) is 5.92 Å². The van der Waals surface area contributed by atoms with Gasteiger partial charge in [0.1, 0.15) is 11.4 Å². The van der Waals surface area contributed by atoms with Gasteiger partial charge in [-0.15, -0.1) is 0 Å². The van der Waals surface area contributed by atoms with Crippen molar-refractivity contribution in [3.05, 3.63) is 11.8 Å². The summed E-state index contributed by atoms with van der Waals surface area (Å²) in [5.41, 5.74) is 0.673. The first-order valence-electron chi connectivity index (χ1n) is 9.20. The highest BCUT2D eigenvalue weighted by Gasteiger charge is 2.39. The fraction of sp³-hybridized carbons (Fsp3) is 0.778. The number of carbonyl (C=O) groups is 1. The number of fused-ring (bicyclic) bond motifs is 1. The summed E-state index contributed by atoms with van der Waals surface area (Å²) in [6, 6.07) is 0.839. The second-order valence-corrected chi connectivity index (χ2v) is 8.23. The van der Waals surface area contributed by atoms with Gasteiger partial charge in [-0.1, -0.05) is 19.3 Å². The van der Waals surface area contributed by atoms with Crippen LogP contribution in [-0.2, 0) is 5.54 Å². The Bertz CT molecular complexity index is 596. The summed E-state index contributed by atoms with van der Waals surface area (Å²) in [6.07, 6.45) is 11.7. The Morgan fingerprint density at radius 2 is 2.00 bits per heavy atom. The first-order valence-corrected chi connectivity index (χ1v) is 9.20. The molecule has 1 aliphatic heterocycles. The normalized spacial score (nSPS) is 27.1. The average Bonchev–Trinajstić information content (AvgIpc) is 3.23. The van der Waals surface area contributed by atoms with E-state index in [4.69, 9.17) is 0 Å². The summed E-state index contributed by atoms with van der Waals surface area (Å²) in [4.78, 5) is 12.5. The van der Waals surface area contributed by atoms with Crippen LogP contribution >= 0.6 is 0 Å². The van der Waals surface area contributed by atoms with Crippen molar-refractivity contribution in [2.75, 3.05) is 5.32 Å². The van der Waals surface area contributed by atoms with E-state index in [2.05, 4.69) is 29.6 Å². The topological polar surface area (TPSA) is 59.0 Å². The number of nitrogens with one attached hydrogen (secondary N) is 2. The molecule has 1 unspecified atom stereocenters. The molecule has 23 heavy (non-hydrogen) atoms. The van der Waals surface area contributed by atoms with Crippen molar-refractivity contribution in [1.29, 1.82) is 0 Å². The van der Waals surface area contributed by atoms with E-state index in [0.717, 1.165) is 31.0 Å². The number of hydrogen-bond acceptors (Lipinski definition) is 3. The molecule has 3 aliphatic rings. The summed E-state index contributed by atoms with van der Waals surface area (Å²) in [7, 11) is 0. The van der Waals surface area contributed by atoms with E-state index in [1.807, 2.05) is 4.68 Å². The summed E-state index contributed by atoms with van der Waals surface area (Å²) in [5, 5.41) is 11.3. The third kappa shape index (κ3) is 2.86. The van der Waals surface area contributed by atoms with Crippen LogP contribution in [0.1, 0.15) is 75.6 Å². The van der Waals surface area contributed by atoms with Gasteiger partial charge in [0.25, 0.3) is 5.91 Å². The molecule has 126 valence electrons. The Morgan fingerprint density at radius 1 is 1.26 bits per heavy atom. The second kappa shape index (κ2) is 5.53. The number of aromatic nitrogens is 2. The van der Waals surface area contributed by atoms with Gasteiger partial charge in [0.05, 0.1) is 11.7 Å². The van der Waals surface area contributed by atoms with Crippen LogP contribution in [-0.4, -0.2) is 27.8 Å². The van der Waals surface area contributed by atoms with Gasteiger partial charge in [-0.2, -0.15) is 5.10 Å². The van der Waals surface area contributed by atoms with E-state index >= 15 is 0 Å². The molecule has 2 N–H and O–H groups in total. The molecule has 2 fully saturated rings. The standard InChI is InChI=1S/C18H28N4O/c1-18(2)10-15(12-6-4-3-5-7-12)21-16-14(11-19-22(16)18)17(23)20-13-8-9-13/h11-13,15,21H,3-10H2,1-2H3,(H,20,23). The zero-order valence-corrected chi connectivity index (χ0v) is 14.3.